The van der Waals surface area contributed by atoms with Gasteiger partial charge in [-0.3, -0.25) is 0 Å². The van der Waals surface area contributed by atoms with Gasteiger partial charge in [0.25, 0.3) is 0 Å². The van der Waals surface area contributed by atoms with Crippen LogP contribution in [0.25, 0.3) is 0 Å². The summed E-state index contributed by atoms with van der Waals surface area (Å²) in [6.45, 7) is 4.98. The monoisotopic (exact) mass is 369 g/mol. The topological polar surface area (TPSA) is 64.6 Å². The Morgan fingerprint density at radius 2 is 1.50 bits per heavy atom. The first-order valence-corrected chi connectivity index (χ1v) is 10.8. The molecule has 5 nitrogen and oxygen atoms in total. The van der Waals surface area contributed by atoms with Gasteiger partial charge in [-0.15, -0.1) is 0 Å². The average molecular weight is 370 g/mol. The highest BCUT2D eigenvalue weighted by atomic mass is 16.6. The van der Waals surface area contributed by atoms with Crippen LogP contribution in [0.1, 0.15) is 97.3 Å². The van der Waals surface area contributed by atoms with Crippen molar-refractivity contribution < 1.29 is 19.1 Å². The van der Waals surface area contributed by atoms with E-state index in [4.69, 9.17) is 9.47 Å². The Kier molecular flexibility index (Phi) is 13.0. The van der Waals surface area contributed by atoms with Crippen molar-refractivity contribution in [2.75, 3.05) is 13.2 Å². The largest absolute Gasteiger partial charge is 0.464 e. The zero-order chi connectivity index (χ0) is 19.0. The summed E-state index contributed by atoms with van der Waals surface area (Å²) in [6, 6.07) is -0.566. The Balaban J connectivity index is 2.34. The van der Waals surface area contributed by atoms with Crippen molar-refractivity contribution >= 4 is 12.1 Å². The molecule has 0 spiro atoms. The van der Waals surface area contributed by atoms with E-state index in [-0.39, 0.29) is 11.9 Å². The van der Waals surface area contributed by atoms with Crippen molar-refractivity contribution in [2.24, 2.45) is 5.92 Å². The first-order valence-electron chi connectivity index (χ1n) is 10.8. The molecule has 1 fully saturated rings. The molecular formula is C21H39NO4. The van der Waals surface area contributed by atoms with Crippen LogP contribution in [-0.4, -0.2) is 31.3 Å². The SMILES string of the molecule is CCCCCCCCCOC(=O)C(NC(=O)OCCC)C1CCCCC1. The van der Waals surface area contributed by atoms with Gasteiger partial charge in [-0.1, -0.05) is 71.6 Å². The number of nitrogens with one attached hydrogen (secondary N) is 1. The van der Waals surface area contributed by atoms with E-state index in [2.05, 4.69) is 12.2 Å². The number of carbonyl (C=O) groups is 2. The Bertz CT molecular complexity index is 380. The summed E-state index contributed by atoms with van der Waals surface area (Å²) in [5.41, 5.74) is 0. The summed E-state index contributed by atoms with van der Waals surface area (Å²) >= 11 is 0. The molecule has 1 aliphatic rings. The van der Waals surface area contributed by atoms with E-state index < -0.39 is 12.1 Å². The van der Waals surface area contributed by atoms with Crippen molar-refractivity contribution in [2.45, 2.75) is 103 Å². The van der Waals surface area contributed by atoms with Crippen LogP contribution in [0, 0.1) is 5.92 Å². The van der Waals surface area contributed by atoms with E-state index in [1.807, 2.05) is 6.92 Å². The Morgan fingerprint density at radius 1 is 0.846 bits per heavy atom. The lowest BCUT2D eigenvalue weighted by Gasteiger charge is -2.29. The van der Waals surface area contributed by atoms with E-state index in [1.54, 1.807) is 0 Å². The molecule has 1 rings (SSSR count). The number of carbonyl (C=O) groups excluding carboxylic acids is 2. The molecule has 1 saturated carbocycles. The molecule has 0 aliphatic heterocycles. The Hall–Kier alpha value is -1.26. The van der Waals surface area contributed by atoms with Crippen molar-refractivity contribution in [3.8, 4) is 0 Å². The molecule has 1 N–H and O–H groups in total. The van der Waals surface area contributed by atoms with E-state index in [0.29, 0.717) is 13.2 Å². The summed E-state index contributed by atoms with van der Waals surface area (Å²) in [5, 5.41) is 2.76. The maximum atomic E-state index is 12.5. The molecular weight excluding hydrogens is 330 g/mol. The highest BCUT2D eigenvalue weighted by molar-refractivity contribution is 5.81. The molecule has 0 aromatic rings. The average Bonchev–Trinajstić information content (AvgIpc) is 2.67. The van der Waals surface area contributed by atoms with Crippen LogP contribution in [-0.2, 0) is 14.3 Å². The number of unbranched alkanes of at least 4 members (excludes halogenated alkanes) is 6. The van der Waals surface area contributed by atoms with Gasteiger partial charge in [0, 0.05) is 0 Å². The minimum atomic E-state index is -0.566. The van der Waals surface area contributed by atoms with Gasteiger partial charge in [-0.05, 0) is 31.6 Å². The molecule has 1 unspecified atom stereocenters. The lowest BCUT2D eigenvalue weighted by Crippen LogP contribution is -2.47. The lowest BCUT2D eigenvalue weighted by atomic mass is 9.84. The molecule has 5 heteroatoms. The van der Waals surface area contributed by atoms with Crippen LogP contribution in [0.15, 0.2) is 0 Å². The number of amides is 1. The zero-order valence-corrected chi connectivity index (χ0v) is 16.9. The molecule has 0 bridgehead atoms. The van der Waals surface area contributed by atoms with E-state index in [1.165, 1.54) is 38.5 Å². The van der Waals surface area contributed by atoms with Gasteiger partial charge in [-0.25, -0.2) is 9.59 Å². The van der Waals surface area contributed by atoms with Gasteiger partial charge < -0.3 is 14.8 Å². The second-order valence-electron chi connectivity index (χ2n) is 7.44. The van der Waals surface area contributed by atoms with E-state index in [0.717, 1.165) is 44.9 Å². The van der Waals surface area contributed by atoms with Crippen LogP contribution in [0.3, 0.4) is 0 Å². The summed E-state index contributed by atoms with van der Waals surface area (Å²) in [7, 11) is 0. The highest BCUT2D eigenvalue weighted by Crippen LogP contribution is 2.27. The van der Waals surface area contributed by atoms with Crippen molar-refractivity contribution in [1.29, 1.82) is 0 Å². The second-order valence-corrected chi connectivity index (χ2v) is 7.44. The quantitative estimate of drug-likeness (QED) is 0.350. The van der Waals surface area contributed by atoms with E-state index in [9.17, 15) is 9.59 Å². The number of esters is 1. The predicted molar refractivity (Wildman–Crippen MR) is 104 cm³/mol. The van der Waals surface area contributed by atoms with Crippen LogP contribution in [0.5, 0.6) is 0 Å². The fourth-order valence-corrected chi connectivity index (χ4v) is 3.52. The van der Waals surface area contributed by atoms with Crippen molar-refractivity contribution in [3.05, 3.63) is 0 Å². The molecule has 1 aliphatic carbocycles. The third-order valence-electron chi connectivity index (χ3n) is 5.08. The number of ether oxygens (including phenoxy) is 2. The molecule has 1 atom stereocenters. The summed E-state index contributed by atoms with van der Waals surface area (Å²) in [5.74, 6) is -0.129. The number of hydrogen-bond acceptors (Lipinski definition) is 4. The number of hydrogen-bond donors (Lipinski definition) is 1. The predicted octanol–water partition coefficient (Wildman–Crippen LogP) is 5.37. The van der Waals surface area contributed by atoms with Crippen molar-refractivity contribution in [3.63, 3.8) is 0 Å². The smallest absolute Gasteiger partial charge is 0.407 e. The standard InChI is InChI=1S/C21H39NO4/c1-3-5-6-7-8-9-13-17-25-20(23)19(18-14-11-10-12-15-18)22-21(24)26-16-4-2/h18-19H,3-17H2,1-2H3,(H,22,24). The number of rotatable bonds is 13. The van der Waals surface area contributed by atoms with Gasteiger partial charge >= 0.3 is 12.1 Å². The van der Waals surface area contributed by atoms with Crippen LogP contribution < -0.4 is 5.32 Å². The third kappa shape index (κ3) is 10.0. The summed E-state index contributed by atoms with van der Waals surface area (Å²) in [6.07, 6.45) is 13.9. The van der Waals surface area contributed by atoms with Crippen LogP contribution in [0.4, 0.5) is 4.79 Å². The fourth-order valence-electron chi connectivity index (χ4n) is 3.52. The van der Waals surface area contributed by atoms with E-state index >= 15 is 0 Å². The lowest BCUT2D eigenvalue weighted by molar-refractivity contribution is -0.148. The summed E-state index contributed by atoms with van der Waals surface area (Å²) in [4.78, 5) is 24.5. The normalized spacial score (nSPS) is 16.1. The zero-order valence-electron chi connectivity index (χ0n) is 16.9. The first-order chi connectivity index (χ1) is 12.7. The van der Waals surface area contributed by atoms with Crippen LogP contribution >= 0.6 is 0 Å². The Morgan fingerprint density at radius 3 is 2.15 bits per heavy atom. The van der Waals surface area contributed by atoms with Gasteiger partial charge in [-0.2, -0.15) is 0 Å². The van der Waals surface area contributed by atoms with Gasteiger partial charge in [0.1, 0.15) is 6.04 Å². The second kappa shape index (κ2) is 14.9. The Labute approximate surface area is 159 Å². The highest BCUT2D eigenvalue weighted by Gasteiger charge is 2.32. The maximum absolute atomic E-state index is 12.5. The molecule has 0 radical (unpaired) electrons. The number of alkyl carbamates (subject to hydrolysis) is 1. The van der Waals surface area contributed by atoms with Crippen LogP contribution in [0.2, 0.25) is 0 Å². The van der Waals surface area contributed by atoms with Gasteiger partial charge in [0.05, 0.1) is 13.2 Å². The molecule has 0 aromatic carbocycles. The van der Waals surface area contributed by atoms with Gasteiger partial charge in [0.15, 0.2) is 0 Å². The molecule has 0 heterocycles. The molecule has 0 saturated heterocycles. The minimum Gasteiger partial charge on any atom is -0.464 e. The first kappa shape index (κ1) is 22.8. The maximum Gasteiger partial charge on any atom is 0.407 e. The molecule has 1 amide bonds. The molecule has 0 aromatic heterocycles. The molecule has 26 heavy (non-hydrogen) atoms. The minimum absolute atomic E-state index is 0.166. The third-order valence-corrected chi connectivity index (χ3v) is 5.08. The fraction of sp³-hybridized carbons (Fsp3) is 0.905. The molecule has 152 valence electrons. The van der Waals surface area contributed by atoms with Gasteiger partial charge in [0.2, 0.25) is 0 Å². The van der Waals surface area contributed by atoms with Crippen molar-refractivity contribution in [1.82, 2.24) is 5.32 Å². The summed E-state index contributed by atoms with van der Waals surface area (Å²) < 4.78 is 10.6.